The van der Waals surface area contributed by atoms with E-state index in [4.69, 9.17) is 0 Å². The third kappa shape index (κ3) is 4.77. The van der Waals surface area contributed by atoms with Crippen LogP contribution in [0.1, 0.15) is 38.2 Å². The maximum Gasteiger partial charge on any atom is 0.300 e. The van der Waals surface area contributed by atoms with E-state index in [-0.39, 0.29) is 23.2 Å². The summed E-state index contributed by atoms with van der Waals surface area (Å²) < 4.78 is 7.81. The van der Waals surface area contributed by atoms with Crippen LogP contribution in [0.15, 0.2) is 0 Å². The fraction of sp³-hybridized carbons (Fsp3) is 0.462. The van der Waals surface area contributed by atoms with Gasteiger partial charge in [-0.05, 0) is 43.8 Å². The summed E-state index contributed by atoms with van der Waals surface area (Å²) in [7, 11) is 0. The monoisotopic (exact) mass is 399 g/mol. The number of nitrogens with one attached hydrogen (secondary N) is 2. The molecule has 2 aromatic heterocycles. The largest absolute Gasteiger partial charge is 0.395 e. The van der Waals surface area contributed by atoms with Crippen molar-refractivity contribution in [2.45, 2.75) is 26.8 Å². The third-order valence-electron chi connectivity index (χ3n) is 3.18. The van der Waals surface area contributed by atoms with Gasteiger partial charge in [-0.2, -0.15) is 8.75 Å². The van der Waals surface area contributed by atoms with Crippen LogP contribution in [0.4, 0.5) is 0 Å². The fourth-order valence-electron chi connectivity index (χ4n) is 1.89. The minimum atomic E-state index is -0.963. The van der Waals surface area contributed by atoms with Gasteiger partial charge in [-0.1, -0.05) is 0 Å². The van der Waals surface area contributed by atoms with Gasteiger partial charge in [0.05, 0.1) is 6.61 Å². The number of nitrogens with zero attached hydrogens (tertiary/aromatic N) is 5. The highest BCUT2D eigenvalue weighted by Crippen LogP contribution is 2.11. The van der Waals surface area contributed by atoms with Crippen LogP contribution in [0.25, 0.3) is 0 Å². The molecular formula is C13H17N7O4S2. The normalized spacial score (nSPS) is 11.7. The molecule has 3 N–H and O–H groups in total. The summed E-state index contributed by atoms with van der Waals surface area (Å²) in [6, 6.07) is -0.963. The van der Waals surface area contributed by atoms with Crippen molar-refractivity contribution >= 4 is 40.8 Å². The highest BCUT2D eigenvalue weighted by Gasteiger charge is 2.29. The summed E-state index contributed by atoms with van der Waals surface area (Å²) >= 11 is 1.81. The van der Waals surface area contributed by atoms with Gasteiger partial charge in [-0.3, -0.25) is 25.2 Å². The van der Waals surface area contributed by atoms with E-state index in [1.807, 2.05) is 0 Å². The molecule has 13 heteroatoms. The van der Waals surface area contributed by atoms with E-state index in [9.17, 15) is 19.5 Å². The molecule has 0 fully saturated rings. The second-order valence-corrected chi connectivity index (χ2v) is 6.64. The van der Waals surface area contributed by atoms with Crippen molar-refractivity contribution in [1.29, 1.82) is 0 Å². The number of amides is 3. The van der Waals surface area contributed by atoms with Gasteiger partial charge in [0, 0.05) is 6.54 Å². The molecule has 2 rings (SSSR count). The zero-order valence-corrected chi connectivity index (χ0v) is 15.8. The molecule has 1 atom stereocenters. The number of hydrazine groups is 1. The minimum absolute atomic E-state index is 0.0738. The molecule has 0 unspecified atom stereocenters. The SMILES string of the molecule is Cc1nsc(C(=O)NNC(=O)[C@@H](C)N(CCO)C(=O)c2nc(C)ns2)n1. The average Bonchev–Trinajstić information content (AvgIpc) is 3.24. The molecule has 0 spiro atoms. The number of rotatable bonds is 6. The Bertz CT molecular complexity index is 806. The van der Waals surface area contributed by atoms with Crippen molar-refractivity contribution in [2.75, 3.05) is 13.2 Å². The average molecular weight is 399 g/mol. The van der Waals surface area contributed by atoms with Crippen LogP contribution in [0.3, 0.4) is 0 Å². The van der Waals surface area contributed by atoms with E-state index in [1.54, 1.807) is 13.8 Å². The van der Waals surface area contributed by atoms with Crippen LogP contribution in [-0.2, 0) is 4.79 Å². The van der Waals surface area contributed by atoms with Crippen LogP contribution in [0.5, 0.6) is 0 Å². The van der Waals surface area contributed by atoms with Crippen molar-refractivity contribution in [2.24, 2.45) is 0 Å². The lowest BCUT2D eigenvalue weighted by atomic mass is 10.2. The van der Waals surface area contributed by atoms with Crippen molar-refractivity contribution in [3.8, 4) is 0 Å². The van der Waals surface area contributed by atoms with Crippen LogP contribution in [0, 0.1) is 13.8 Å². The van der Waals surface area contributed by atoms with Gasteiger partial charge in [0.1, 0.15) is 17.7 Å². The molecule has 0 saturated heterocycles. The molecule has 0 aromatic carbocycles. The van der Waals surface area contributed by atoms with Crippen LogP contribution in [-0.4, -0.2) is 65.6 Å². The van der Waals surface area contributed by atoms with E-state index in [0.717, 1.165) is 28.0 Å². The lowest BCUT2D eigenvalue weighted by Crippen LogP contribution is -2.53. The number of hydrogen-bond acceptors (Lipinski definition) is 10. The standard InChI is InChI=1S/C13H17N7O4S2/c1-6(9(22)16-17-10(23)11-14-7(2)18-25-11)20(4-5-21)13(24)12-15-8(3)19-26-12/h6,21H,4-5H2,1-3H3,(H,16,22)(H,17,23)/t6-/m1/s1. The molecule has 26 heavy (non-hydrogen) atoms. The minimum Gasteiger partial charge on any atom is -0.395 e. The highest BCUT2D eigenvalue weighted by atomic mass is 32.1. The maximum atomic E-state index is 12.5. The third-order valence-corrected chi connectivity index (χ3v) is 4.78. The summed E-state index contributed by atoms with van der Waals surface area (Å²) in [5.74, 6) is -0.886. The Morgan fingerprint density at radius 3 is 2.15 bits per heavy atom. The summed E-state index contributed by atoms with van der Waals surface area (Å²) in [4.78, 5) is 45.7. The predicted octanol–water partition coefficient (Wildman–Crippen LogP) is -0.709. The highest BCUT2D eigenvalue weighted by molar-refractivity contribution is 7.07. The van der Waals surface area contributed by atoms with E-state index in [2.05, 4.69) is 29.6 Å². The lowest BCUT2D eigenvalue weighted by Gasteiger charge is -2.26. The Balaban J connectivity index is 2.00. The van der Waals surface area contributed by atoms with Gasteiger partial charge >= 0.3 is 0 Å². The number of hydrogen-bond donors (Lipinski definition) is 3. The lowest BCUT2D eigenvalue weighted by molar-refractivity contribution is -0.126. The van der Waals surface area contributed by atoms with Crippen molar-refractivity contribution in [1.82, 2.24) is 34.5 Å². The molecule has 11 nitrogen and oxygen atoms in total. The zero-order chi connectivity index (χ0) is 19.3. The number of carbonyl (C=O) groups is 3. The molecule has 0 aliphatic rings. The Morgan fingerprint density at radius 1 is 1.08 bits per heavy atom. The second kappa shape index (κ2) is 8.73. The van der Waals surface area contributed by atoms with Gasteiger partial charge in [0.2, 0.25) is 10.0 Å². The van der Waals surface area contributed by atoms with Gasteiger partial charge in [0.15, 0.2) is 0 Å². The molecule has 0 aliphatic carbocycles. The van der Waals surface area contributed by atoms with Crippen LogP contribution in [0.2, 0.25) is 0 Å². The van der Waals surface area contributed by atoms with Crippen molar-refractivity contribution in [3.05, 3.63) is 21.7 Å². The summed E-state index contributed by atoms with van der Waals surface area (Å²) in [5.41, 5.74) is 4.45. The number of aromatic nitrogens is 4. The van der Waals surface area contributed by atoms with Crippen molar-refractivity contribution < 1.29 is 19.5 Å². The first-order valence-electron chi connectivity index (χ1n) is 7.46. The van der Waals surface area contributed by atoms with Crippen LogP contribution < -0.4 is 10.9 Å². The zero-order valence-electron chi connectivity index (χ0n) is 14.2. The molecule has 3 amide bonds. The Morgan fingerprint density at radius 2 is 1.65 bits per heavy atom. The van der Waals surface area contributed by atoms with E-state index in [1.165, 1.54) is 6.92 Å². The van der Waals surface area contributed by atoms with Gasteiger partial charge in [-0.15, -0.1) is 0 Å². The van der Waals surface area contributed by atoms with Gasteiger partial charge in [-0.25, -0.2) is 9.97 Å². The molecular weight excluding hydrogens is 382 g/mol. The second-order valence-electron chi connectivity index (χ2n) is 5.13. The number of aryl methyl sites for hydroxylation is 2. The number of carbonyl (C=O) groups excluding carboxylic acids is 3. The summed E-state index contributed by atoms with van der Waals surface area (Å²) in [6.45, 7) is 4.34. The summed E-state index contributed by atoms with van der Waals surface area (Å²) in [6.07, 6.45) is 0. The smallest absolute Gasteiger partial charge is 0.300 e. The van der Waals surface area contributed by atoms with Crippen LogP contribution >= 0.6 is 23.1 Å². The first-order chi connectivity index (χ1) is 12.3. The van der Waals surface area contributed by atoms with E-state index in [0.29, 0.717) is 11.6 Å². The molecule has 2 heterocycles. The Labute approximate surface area is 156 Å². The number of aliphatic hydroxyl groups is 1. The quantitative estimate of drug-likeness (QED) is 0.539. The first-order valence-corrected chi connectivity index (χ1v) is 9.00. The van der Waals surface area contributed by atoms with Gasteiger partial charge < -0.3 is 10.0 Å². The molecule has 2 aromatic rings. The van der Waals surface area contributed by atoms with E-state index < -0.39 is 23.8 Å². The molecule has 0 aliphatic heterocycles. The maximum absolute atomic E-state index is 12.5. The van der Waals surface area contributed by atoms with E-state index >= 15 is 0 Å². The molecule has 0 radical (unpaired) electrons. The Hall–Kier alpha value is -2.51. The first kappa shape index (κ1) is 19.8. The van der Waals surface area contributed by atoms with Gasteiger partial charge in [0.25, 0.3) is 17.7 Å². The molecule has 0 saturated carbocycles. The molecule has 140 valence electrons. The number of aliphatic hydroxyl groups excluding tert-OH is 1. The topological polar surface area (TPSA) is 150 Å². The molecule has 0 bridgehead atoms. The Kier molecular flexibility index (Phi) is 6.65. The summed E-state index contributed by atoms with van der Waals surface area (Å²) in [5, 5.41) is 9.41. The predicted molar refractivity (Wildman–Crippen MR) is 92.5 cm³/mol. The van der Waals surface area contributed by atoms with Crippen molar-refractivity contribution in [3.63, 3.8) is 0 Å². The fourth-order valence-corrected chi connectivity index (χ4v) is 3.09.